The number of piperazine rings is 1. The SMILES string of the molecule is Cc1c(Cl)cccc1NC(=O)CN1CCN(C(=O)COc2ccc(F)cc2)CC1. The summed E-state index contributed by atoms with van der Waals surface area (Å²) in [5.41, 5.74) is 1.54. The van der Waals surface area contributed by atoms with Gasteiger partial charge in [0.25, 0.3) is 5.91 Å². The maximum Gasteiger partial charge on any atom is 0.260 e. The minimum atomic E-state index is -0.352. The zero-order chi connectivity index (χ0) is 20.8. The van der Waals surface area contributed by atoms with E-state index >= 15 is 0 Å². The molecule has 0 radical (unpaired) electrons. The van der Waals surface area contributed by atoms with Crippen molar-refractivity contribution in [1.82, 2.24) is 9.80 Å². The molecular weight excluding hydrogens is 397 g/mol. The van der Waals surface area contributed by atoms with Gasteiger partial charge >= 0.3 is 0 Å². The summed E-state index contributed by atoms with van der Waals surface area (Å²) in [6, 6.07) is 10.9. The van der Waals surface area contributed by atoms with Crippen LogP contribution in [-0.2, 0) is 9.59 Å². The molecule has 2 aromatic carbocycles. The molecule has 29 heavy (non-hydrogen) atoms. The molecule has 0 aliphatic carbocycles. The molecule has 0 spiro atoms. The number of nitrogens with zero attached hydrogens (tertiary/aromatic N) is 2. The number of carbonyl (C=O) groups excluding carboxylic acids is 2. The molecule has 0 unspecified atom stereocenters. The van der Waals surface area contributed by atoms with Crippen LogP contribution >= 0.6 is 11.6 Å². The van der Waals surface area contributed by atoms with Gasteiger partial charge in [-0.3, -0.25) is 14.5 Å². The second kappa shape index (κ2) is 9.71. The maximum atomic E-state index is 12.9. The zero-order valence-electron chi connectivity index (χ0n) is 16.2. The molecule has 0 saturated carbocycles. The van der Waals surface area contributed by atoms with Gasteiger partial charge in [-0.05, 0) is 48.9 Å². The molecule has 0 atom stereocenters. The first-order valence-electron chi connectivity index (χ1n) is 9.36. The van der Waals surface area contributed by atoms with Crippen molar-refractivity contribution in [3.8, 4) is 5.75 Å². The predicted octanol–water partition coefficient (Wildman–Crippen LogP) is 2.95. The van der Waals surface area contributed by atoms with E-state index in [0.29, 0.717) is 42.6 Å². The molecule has 1 saturated heterocycles. The molecule has 0 aromatic heterocycles. The molecule has 1 heterocycles. The van der Waals surface area contributed by atoms with Gasteiger partial charge in [0.15, 0.2) is 6.61 Å². The van der Waals surface area contributed by atoms with E-state index in [1.165, 1.54) is 24.3 Å². The lowest BCUT2D eigenvalue weighted by atomic mass is 10.2. The summed E-state index contributed by atoms with van der Waals surface area (Å²) >= 11 is 6.08. The fourth-order valence-corrected chi connectivity index (χ4v) is 3.23. The molecule has 2 amide bonds. The van der Waals surface area contributed by atoms with Crippen molar-refractivity contribution in [2.75, 3.05) is 44.6 Å². The average molecular weight is 420 g/mol. The van der Waals surface area contributed by atoms with Crippen LogP contribution in [0.1, 0.15) is 5.56 Å². The van der Waals surface area contributed by atoms with Gasteiger partial charge in [-0.1, -0.05) is 17.7 Å². The van der Waals surface area contributed by atoms with Gasteiger partial charge in [0.1, 0.15) is 11.6 Å². The van der Waals surface area contributed by atoms with E-state index in [-0.39, 0.29) is 30.8 Å². The number of hydrogen-bond donors (Lipinski definition) is 1. The van der Waals surface area contributed by atoms with Crippen LogP contribution in [0.4, 0.5) is 10.1 Å². The van der Waals surface area contributed by atoms with Crippen LogP contribution in [0, 0.1) is 12.7 Å². The number of hydrogen-bond acceptors (Lipinski definition) is 4. The van der Waals surface area contributed by atoms with Crippen LogP contribution in [0.15, 0.2) is 42.5 Å². The zero-order valence-corrected chi connectivity index (χ0v) is 16.9. The Balaban J connectivity index is 1.41. The Morgan fingerprint density at radius 3 is 2.48 bits per heavy atom. The van der Waals surface area contributed by atoms with Crippen molar-refractivity contribution in [2.24, 2.45) is 0 Å². The Bertz CT molecular complexity index is 868. The summed E-state index contributed by atoms with van der Waals surface area (Å²) in [4.78, 5) is 28.3. The van der Waals surface area contributed by atoms with Gasteiger partial charge in [0.2, 0.25) is 5.91 Å². The van der Waals surface area contributed by atoms with E-state index in [9.17, 15) is 14.0 Å². The number of anilines is 1. The number of carbonyl (C=O) groups is 2. The van der Waals surface area contributed by atoms with Gasteiger partial charge in [0, 0.05) is 36.9 Å². The largest absolute Gasteiger partial charge is 0.484 e. The van der Waals surface area contributed by atoms with Crippen molar-refractivity contribution in [3.05, 3.63) is 58.9 Å². The summed E-state index contributed by atoms with van der Waals surface area (Å²) in [5.74, 6) is -0.150. The maximum absolute atomic E-state index is 12.9. The highest BCUT2D eigenvalue weighted by Crippen LogP contribution is 2.22. The molecule has 154 valence electrons. The summed E-state index contributed by atoms with van der Waals surface area (Å²) in [7, 11) is 0. The number of ether oxygens (including phenoxy) is 1. The Kier molecular flexibility index (Phi) is 7.06. The minimum absolute atomic E-state index is 0.0971. The highest BCUT2D eigenvalue weighted by molar-refractivity contribution is 6.31. The van der Waals surface area contributed by atoms with E-state index in [4.69, 9.17) is 16.3 Å². The number of amides is 2. The summed E-state index contributed by atoms with van der Waals surface area (Å²) in [6.07, 6.45) is 0. The van der Waals surface area contributed by atoms with Gasteiger partial charge in [-0.25, -0.2) is 4.39 Å². The van der Waals surface area contributed by atoms with Gasteiger partial charge in [-0.15, -0.1) is 0 Å². The summed E-state index contributed by atoms with van der Waals surface area (Å²) < 4.78 is 18.3. The lowest BCUT2D eigenvalue weighted by Gasteiger charge is -2.34. The van der Waals surface area contributed by atoms with Gasteiger partial charge < -0.3 is 15.0 Å². The van der Waals surface area contributed by atoms with Crippen LogP contribution in [0.5, 0.6) is 5.75 Å². The molecular formula is C21H23ClFN3O3. The normalized spacial score (nSPS) is 14.5. The van der Waals surface area contributed by atoms with Gasteiger partial charge in [0.05, 0.1) is 6.54 Å². The van der Waals surface area contributed by atoms with E-state index in [1.807, 2.05) is 17.9 Å². The molecule has 6 nitrogen and oxygen atoms in total. The smallest absolute Gasteiger partial charge is 0.260 e. The fraction of sp³-hybridized carbons (Fsp3) is 0.333. The Labute approximate surface area is 174 Å². The van der Waals surface area contributed by atoms with Crippen molar-refractivity contribution in [3.63, 3.8) is 0 Å². The molecule has 2 aromatic rings. The van der Waals surface area contributed by atoms with Crippen molar-refractivity contribution in [2.45, 2.75) is 6.92 Å². The summed E-state index contributed by atoms with van der Waals surface area (Å²) in [6.45, 7) is 4.26. The molecule has 1 aliphatic rings. The average Bonchev–Trinajstić information content (AvgIpc) is 2.71. The molecule has 1 fully saturated rings. The molecule has 1 aliphatic heterocycles. The highest BCUT2D eigenvalue weighted by Gasteiger charge is 2.23. The molecule has 1 N–H and O–H groups in total. The van der Waals surface area contributed by atoms with E-state index < -0.39 is 0 Å². The quantitative estimate of drug-likeness (QED) is 0.782. The standard InChI is InChI=1S/C21H23ClFN3O3/c1-15-18(22)3-2-4-19(15)24-20(27)13-25-9-11-26(12-10-25)21(28)14-29-17-7-5-16(23)6-8-17/h2-8H,9-14H2,1H3,(H,24,27). The third-order valence-electron chi connectivity index (χ3n) is 4.81. The minimum Gasteiger partial charge on any atom is -0.484 e. The van der Waals surface area contributed by atoms with Crippen LogP contribution in [0.3, 0.4) is 0 Å². The highest BCUT2D eigenvalue weighted by atomic mass is 35.5. The third kappa shape index (κ3) is 5.92. The first-order chi connectivity index (χ1) is 13.9. The number of benzene rings is 2. The number of rotatable bonds is 6. The Hall–Kier alpha value is -2.64. The fourth-order valence-electron chi connectivity index (χ4n) is 3.06. The topological polar surface area (TPSA) is 61.9 Å². The Morgan fingerprint density at radius 2 is 1.79 bits per heavy atom. The first-order valence-corrected chi connectivity index (χ1v) is 9.73. The first kappa shape index (κ1) is 21.1. The van der Waals surface area contributed by atoms with Crippen LogP contribution in [-0.4, -0.2) is 60.9 Å². The Morgan fingerprint density at radius 1 is 1.10 bits per heavy atom. The van der Waals surface area contributed by atoms with E-state index in [2.05, 4.69) is 5.32 Å². The molecule has 3 rings (SSSR count). The lowest BCUT2D eigenvalue weighted by Crippen LogP contribution is -2.51. The molecule has 0 bridgehead atoms. The van der Waals surface area contributed by atoms with Crippen molar-refractivity contribution in [1.29, 1.82) is 0 Å². The van der Waals surface area contributed by atoms with Crippen LogP contribution in [0.2, 0.25) is 5.02 Å². The third-order valence-corrected chi connectivity index (χ3v) is 5.22. The predicted molar refractivity (Wildman–Crippen MR) is 110 cm³/mol. The van der Waals surface area contributed by atoms with Crippen LogP contribution < -0.4 is 10.1 Å². The van der Waals surface area contributed by atoms with Crippen molar-refractivity contribution < 1.29 is 18.7 Å². The molecule has 8 heteroatoms. The van der Waals surface area contributed by atoms with E-state index in [0.717, 1.165) is 5.56 Å². The van der Waals surface area contributed by atoms with E-state index in [1.54, 1.807) is 17.0 Å². The second-order valence-electron chi connectivity index (χ2n) is 6.86. The number of halogens is 2. The summed E-state index contributed by atoms with van der Waals surface area (Å²) in [5, 5.41) is 3.49. The van der Waals surface area contributed by atoms with Gasteiger partial charge in [-0.2, -0.15) is 0 Å². The second-order valence-corrected chi connectivity index (χ2v) is 7.27. The lowest BCUT2D eigenvalue weighted by molar-refractivity contribution is -0.135. The van der Waals surface area contributed by atoms with Crippen LogP contribution in [0.25, 0.3) is 0 Å². The monoisotopic (exact) mass is 419 g/mol. The number of nitrogens with one attached hydrogen (secondary N) is 1. The van der Waals surface area contributed by atoms with Crippen molar-refractivity contribution >= 4 is 29.1 Å².